The van der Waals surface area contributed by atoms with Crippen LogP contribution in [0.2, 0.25) is 0 Å². The van der Waals surface area contributed by atoms with E-state index in [1.165, 1.54) is 6.42 Å². The first-order valence-corrected chi connectivity index (χ1v) is 28.3. The second-order valence-electron chi connectivity index (χ2n) is 19.9. The zero-order valence-corrected chi connectivity index (χ0v) is 52.7. The molecule has 0 radical (unpaired) electrons. The standard InChI is InChI=1S/C20H21NO4.C9H15N5O.C8H8N4.2C6H10O4.C3H5N3O9.3HNO3/c1-22-17-6-5-13(10-18(17)23-2)9-16-15-12-20(25-4)19(24-3)11-14(15)7-8-21-16;10-7-6-8(12-9(11)14(7)15)13-4-2-1-3-5-13;9-11-8-7-4-2-1-3-6(7)5-10-12-8;2*7-3-1-9-6-4(8)2-10-5(3)6;7-4(8)13-1-3(15-6(11)12)2-14-5(9)10;3*2-1(3)4/h5-8,10-12H,9H2,1-4H3;6H,1-5,10H2,(H2,11,12);1-5H,9H2,(H,11,12);2*3-8H,1-2H2;3H,1-2H2;3*(H,2,3,4)/t;;;2*3-,4+,5-,6-;;;;/m...11..../s1. The lowest BCUT2D eigenvalue weighted by Crippen LogP contribution is -2.38. The van der Waals surface area contributed by atoms with E-state index >= 15 is 0 Å². The number of hydrazine groups is 1. The van der Waals surface area contributed by atoms with Gasteiger partial charge in [0, 0.05) is 41.9 Å². The van der Waals surface area contributed by atoms with Gasteiger partial charge in [-0.1, -0.05) is 35.3 Å². The van der Waals surface area contributed by atoms with Gasteiger partial charge in [-0.25, -0.2) is 10.6 Å². The average Bonchev–Trinajstić information content (AvgIpc) is 1.79. The predicted octanol–water partition coefficient (Wildman–Crippen LogP) is -0.406. The number of anilines is 4. The average molecular weight is 1420 g/mol. The van der Waals surface area contributed by atoms with Gasteiger partial charge in [-0.05, 0) is 60.5 Å². The summed E-state index contributed by atoms with van der Waals surface area (Å²) in [6.45, 7) is 1.35. The van der Waals surface area contributed by atoms with Crippen molar-refractivity contribution < 1.29 is 124 Å². The van der Waals surface area contributed by atoms with Crippen LogP contribution in [-0.2, 0) is 39.9 Å². The Labute approximate surface area is 556 Å². The summed E-state index contributed by atoms with van der Waals surface area (Å²) in [6, 6.07) is 21.2. The van der Waals surface area contributed by atoms with E-state index in [2.05, 4.69) is 45.0 Å². The highest BCUT2D eigenvalue weighted by Crippen LogP contribution is 2.35. The van der Waals surface area contributed by atoms with Crippen molar-refractivity contribution in [3.05, 3.63) is 156 Å². The van der Waals surface area contributed by atoms with Crippen LogP contribution in [0.5, 0.6) is 23.0 Å². The van der Waals surface area contributed by atoms with Crippen LogP contribution in [0.1, 0.15) is 30.5 Å². The number of fused-ring (bicyclic) bond motifs is 4. The lowest BCUT2D eigenvalue weighted by atomic mass is 10.0. The van der Waals surface area contributed by atoms with Crippen LogP contribution >= 0.6 is 0 Å². The molecule has 0 spiro atoms. The number of aliphatic hydroxyl groups excluding tert-OH is 4. The number of nitrogens with zero attached hydrogens (tertiary/aromatic N) is 12. The van der Waals surface area contributed by atoms with Crippen LogP contribution in [0.15, 0.2) is 79.1 Å². The van der Waals surface area contributed by atoms with Crippen LogP contribution in [-0.4, -0.2) is 223 Å². The third kappa shape index (κ3) is 28.0. The van der Waals surface area contributed by atoms with Crippen LogP contribution in [0.3, 0.4) is 0 Å². The van der Waals surface area contributed by atoms with Gasteiger partial charge in [0.15, 0.2) is 46.6 Å². The number of hydrogen-bond acceptors (Lipinski definition) is 37. The van der Waals surface area contributed by atoms with Crippen LogP contribution < -0.4 is 51.3 Å². The molecule has 11 rings (SSSR count). The Bertz CT molecular complexity index is 3380. The molecule has 3 aromatic carbocycles. The molecule has 47 nitrogen and oxygen atoms in total. The molecule has 5 aliphatic heterocycles. The van der Waals surface area contributed by atoms with Crippen LogP contribution in [0, 0.1) is 65.9 Å². The van der Waals surface area contributed by atoms with Gasteiger partial charge >= 0.3 is 5.95 Å². The molecule has 546 valence electrons. The smallest absolute Gasteiger partial charge is 0.346 e. The van der Waals surface area contributed by atoms with Crippen molar-refractivity contribution in [2.24, 2.45) is 5.84 Å². The summed E-state index contributed by atoms with van der Waals surface area (Å²) in [6.07, 6.45) is 2.78. The van der Waals surface area contributed by atoms with Crippen LogP contribution in [0.4, 0.5) is 23.4 Å². The van der Waals surface area contributed by atoms with Gasteiger partial charge in [0.2, 0.25) is 0 Å². The third-order valence-electron chi connectivity index (χ3n) is 13.5. The van der Waals surface area contributed by atoms with E-state index in [0.717, 1.165) is 58.7 Å². The normalized spacial score (nSPS) is 19.4. The maximum Gasteiger partial charge on any atom is 0.346 e. The molecule has 0 unspecified atom stereocenters. The largest absolute Gasteiger partial charge is 0.754 e. The van der Waals surface area contributed by atoms with Crippen molar-refractivity contribution >= 4 is 44.9 Å². The fraction of sp³-hybridized carbons (Fsp3) is 0.481. The highest BCUT2D eigenvalue weighted by atomic mass is 17.0. The molecule has 0 amide bonds. The second kappa shape index (κ2) is 42.2. The maximum absolute atomic E-state index is 11.2. The lowest BCUT2D eigenvalue weighted by molar-refractivity contribution is -0.803. The Kier molecular flexibility index (Phi) is 34.8. The summed E-state index contributed by atoms with van der Waals surface area (Å²) >= 11 is 0. The van der Waals surface area contributed by atoms with E-state index in [-0.39, 0.29) is 62.6 Å². The molecule has 3 aromatic heterocycles. The number of pyridine rings is 1. The number of benzene rings is 3. The number of hydrogen-bond donors (Lipinski definition) is 11. The van der Waals surface area contributed by atoms with Crippen molar-refractivity contribution in [2.75, 3.05) is 103 Å². The number of piperidine rings is 1. The zero-order valence-electron chi connectivity index (χ0n) is 52.7. The van der Waals surface area contributed by atoms with Gasteiger partial charge < -0.3 is 115 Å². The second-order valence-corrected chi connectivity index (χ2v) is 19.9. The number of methoxy groups -OCH3 is 4. The number of nitrogen functional groups attached to an aromatic ring is 3. The molecule has 5 saturated heterocycles. The summed E-state index contributed by atoms with van der Waals surface area (Å²) in [5.41, 5.74) is 15.5. The molecule has 0 aliphatic carbocycles. The first-order valence-electron chi connectivity index (χ1n) is 28.3. The minimum absolute atomic E-state index is 0.0874. The van der Waals surface area contributed by atoms with Gasteiger partial charge in [0.25, 0.3) is 30.5 Å². The van der Waals surface area contributed by atoms with E-state index in [1.54, 1.807) is 40.7 Å². The molecule has 14 N–H and O–H groups in total. The molecule has 0 bridgehead atoms. The van der Waals surface area contributed by atoms with Crippen molar-refractivity contribution in [3.63, 3.8) is 0 Å². The molecular weight excluding hydrogens is 1340 g/mol. The zero-order chi connectivity index (χ0) is 73.9. The van der Waals surface area contributed by atoms with Crippen molar-refractivity contribution in [1.29, 1.82) is 0 Å². The first-order chi connectivity index (χ1) is 47.0. The molecule has 8 atom stereocenters. The maximum atomic E-state index is 11.2. The summed E-state index contributed by atoms with van der Waals surface area (Å²) in [5, 5.41) is 126. The number of aromatic nitrogens is 5. The third-order valence-corrected chi connectivity index (χ3v) is 13.5. The Morgan fingerprint density at radius 3 is 1.53 bits per heavy atom. The molecule has 99 heavy (non-hydrogen) atoms. The molecule has 6 aromatic rings. The minimum atomic E-state index is -1.55. The predicted molar refractivity (Wildman–Crippen MR) is 330 cm³/mol. The van der Waals surface area contributed by atoms with Crippen LogP contribution in [0.25, 0.3) is 21.5 Å². The first kappa shape index (κ1) is 81.8. The fourth-order valence-corrected chi connectivity index (χ4v) is 9.26. The van der Waals surface area contributed by atoms with E-state index in [9.17, 15) is 35.6 Å². The molecule has 5 aliphatic rings. The fourth-order valence-electron chi connectivity index (χ4n) is 9.26. The number of nitrogens with one attached hydrogen (secondary N) is 1. The minimum Gasteiger partial charge on any atom is -0.754 e. The Morgan fingerprint density at radius 2 is 1.08 bits per heavy atom. The summed E-state index contributed by atoms with van der Waals surface area (Å²) in [5.74, 6) is 9.40. The summed E-state index contributed by atoms with van der Waals surface area (Å²) < 4.78 is 42.2. The van der Waals surface area contributed by atoms with Crippen molar-refractivity contribution in [3.8, 4) is 23.0 Å². The molecular formula is C52H72N16O31. The number of rotatable bonds is 16. The molecule has 8 heterocycles. The highest BCUT2D eigenvalue weighted by Gasteiger charge is 2.47. The van der Waals surface area contributed by atoms with Gasteiger partial charge in [0.05, 0.1) is 72.8 Å². The van der Waals surface area contributed by atoms with E-state index in [4.69, 9.17) is 122 Å². The number of ether oxygens (including phenoxy) is 8. The Hall–Kier alpha value is -11.5. The molecule has 0 saturated carbocycles. The van der Waals surface area contributed by atoms with Crippen molar-refractivity contribution in [2.45, 2.75) is 80.6 Å². The topological polar surface area (TPSA) is 674 Å². The Balaban J connectivity index is 0.000000306. The summed E-state index contributed by atoms with van der Waals surface area (Å²) in [4.78, 5) is 76.3. The quantitative estimate of drug-likeness (QED) is 0.0193. The van der Waals surface area contributed by atoms with Gasteiger partial charge in [-0.15, -0.1) is 65.8 Å². The number of nitrogens with two attached hydrogens (primary N) is 3. The van der Waals surface area contributed by atoms with Gasteiger partial charge in [-0.3, -0.25) is 4.98 Å². The monoisotopic (exact) mass is 1420 g/mol. The lowest BCUT2D eigenvalue weighted by Gasteiger charge is -2.26. The van der Waals surface area contributed by atoms with E-state index in [0.29, 0.717) is 45.8 Å². The van der Waals surface area contributed by atoms with Gasteiger partial charge in [-0.2, -0.15) is 5.10 Å². The van der Waals surface area contributed by atoms with E-state index < -0.39 is 74.3 Å². The molecule has 5 fully saturated rings. The summed E-state index contributed by atoms with van der Waals surface area (Å²) in [7, 11) is 6.53. The van der Waals surface area contributed by atoms with Gasteiger partial charge in [0.1, 0.15) is 62.0 Å². The highest BCUT2D eigenvalue weighted by molar-refractivity contribution is 5.90. The number of aliphatic hydroxyl groups is 4. The Morgan fingerprint density at radius 1 is 0.616 bits per heavy atom. The SMILES string of the molecule is COc1ccc(Cc2nccc3cc(OC)c(OC)cc23)cc1OC.NNc1nncc2ccccc12.Nc1cc(N2CCCCC2)nc(N)[n+]1[O-].O=[N+]([O-])O.O=[N+]([O-])O.O=[N+]([O-])O.O=[N+]([O-])OCC(CO[N+](=O)[O-])O[N+](=O)[O-].O[C@@H]1CO[C@H]2[C@@H]1OC[C@@H]2O.O[C@@H]1CO[C@H]2[C@@H]1OC[C@@H]2O. The van der Waals surface area contributed by atoms with Crippen molar-refractivity contribution in [1.82, 2.24) is 20.2 Å². The van der Waals surface area contributed by atoms with E-state index in [1.807, 2.05) is 66.9 Å². The molecule has 47 heteroatoms.